The molecule has 0 aliphatic heterocycles. The quantitative estimate of drug-likeness (QED) is 0.526. The van der Waals surface area contributed by atoms with E-state index in [4.69, 9.17) is 15.9 Å². The van der Waals surface area contributed by atoms with Crippen molar-refractivity contribution in [3.8, 4) is 0 Å². The van der Waals surface area contributed by atoms with Gasteiger partial charge in [0.15, 0.2) is 0 Å². The average Bonchev–Trinajstić information content (AvgIpc) is 2.26. The van der Waals surface area contributed by atoms with E-state index in [1.165, 1.54) is 14.0 Å². The summed E-state index contributed by atoms with van der Waals surface area (Å²) in [6.07, 6.45) is -0.213. The summed E-state index contributed by atoms with van der Waals surface area (Å²) in [5.41, 5.74) is 5.26. The molecule has 7 heteroatoms. The lowest BCUT2D eigenvalue weighted by Crippen LogP contribution is -2.35. The molecule has 1 unspecified atom stereocenters. The number of carboxylic acids is 2. The summed E-state index contributed by atoms with van der Waals surface area (Å²) in [7, 11) is 1.21. The van der Waals surface area contributed by atoms with Gasteiger partial charge < -0.3 is 20.7 Å². The number of carboxylic acid groups (broad SMARTS) is 2. The molecular weight excluding hydrogens is 230 g/mol. The highest BCUT2D eigenvalue weighted by Crippen LogP contribution is 2.18. The van der Waals surface area contributed by atoms with Crippen molar-refractivity contribution < 1.29 is 29.3 Å². The number of carbonyl (C=O) groups is 3. The zero-order valence-electron chi connectivity index (χ0n) is 9.75. The maximum Gasteiger partial charge on any atom is 0.320 e. The van der Waals surface area contributed by atoms with Gasteiger partial charge in [0.2, 0.25) is 0 Å². The molecular formula is C10H17NO6. The molecule has 0 aromatic carbocycles. The van der Waals surface area contributed by atoms with E-state index < -0.39 is 35.8 Å². The van der Waals surface area contributed by atoms with Gasteiger partial charge in [-0.2, -0.15) is 0 Å². The van der Waals surface area contributed by atoms with Crippen LogP contribution in [-0.2, 0) is 19.1 Å². The first kappa shape index (κ1) is 15.4. The van der Waals surface area contributed by atoms with Crippen molar-refractivity contribution in [1.29, 1.82) is 0 Å². The van der Waals surface area contributed by atoms with E-state index in [1.807, 2.05) is 0 Å². The van der Waals surface area contributed by atoms with Gasteiger partial charge in [0.25, 0.3) is 0 Å². The molecule has 17 heavy (non-hydrogen) atoms. The third kappa shape index (κ3) is 5.30. The van der Waals surface area contributed by atoms with Gasteiger partial charge in [0.1, 0.15) is 6.04 Å². The van der Waals surface area contributed by atoms with Crippen molar-refractivity contribution in [2.75, 3.05) is 7.11 Å². The average molecular weight is 247 g/mol. The number of methoxy groups -OCH3 is 1. The van der Waals surface area contributed by atoms with E-state index in [0.29, 0.717) is 0 Å². The van der Waals surface area contributed by atoms with Gasteiger partial charge in [-0.05, 0) is 12.8 Å². The Kier molecular flexibility index (Phi) is 6.19. The third-order valence-corrected chi connectivity index (χ3v) is 2.45. The smallest absolute Gasteiger partial charge is 0.320 e. The van der Waals surface area contributed by atoms with E-state index in [0.717, 1.165) is 0 Å². The number of aliphatic carboxylic acids is 2. The molecule has 7 nitrogen and oxygen atoms in total. The molecule has 4 N–H and O–H groups in total. The van der Waals surface area contributed by atoms with Crippen molar-refractivity contribution in [3.63, 3.8) is 0 Å². The van der Waals surface area contributed by atoms with Crippen molar-refractivity contribution >= 4 is 17.9 Å². The number of esters is 1. The lowest BCUT2D eigenvalue weighted by molar-refractivity contribution is -0.148. The van der Waals surface area contributed by atoms with Gasteiger partial charge in [-0.1, -0.05) is 6.92 Å². The lowest BCUT2D eigenvalue weighted by Gasteiger charge is -2.17. The van der Waals surface area contributed by atoms with E-state index in [-0.39, 0.29) is 12.8 Å². The maximum atomic E-state index is 11.1. The van der Waals surface area contributed by atoms with Gasteiger partial charge in [0.05, 0.1) is 18.9 Å². The fourth-order valence-electron chi connectivity index (χ4n) is 1.43. The van der Waals surface area contributed by atoms with Gasteiger partial charge >= 0.3 is 17.9 Å². The van der Waals surface area contributed by atoms with Crippen molar-refractivity contribution in [1.82, 2.24) is 0 Å². The Bertz CT molecular complexity index is 303. The largest absolute Gasteiger partial charge is 0.481 e. The van der Waals surface area contributed by atoms with Crippen molar-refractivity contribution in [2.45, 2.75) is 25.8 Å². The van der Waals surface area contributed by atoms with E-state index in [9.17, 15) is 14.4 Å². The van der Waals surface area contributed by atoms with Crippen LogP contribution >= 0.6 is 0 Å². The number of hydrogen-bond acceptors (Lipinski definition) is 5. The molecule has 98 valence electrons. The first-order chi connectivity index (χ1) is 7.79. The highest BCUT2D eigenvalue weighted by Gasteiger charge is 2.28. The van der Waals surface area contributed by atoms with Gasteiger partial charge in [-0.3, -0.25) is 14.4 Å². The molecule has 0 aromatic heterocycles. The Morgan fingerprint density at radius 2 is 1.71 bits per heavy atom. The Morgan fingerprint density at radius 1 is 1.18 bits per heavy atom. The number of nitrogens with two attached hydrogens (primary N) is 1. The standard InChI is InChI=1S/C10H17NO6/c1-5(10(16)17-2)3-6(8(12)13)4-7(11)9(14)15/h5-7H,3-4,11H2,1-2H3,(H,12,13)(H,14,15)/t5?,6-,7+/m1/s1. The summed E-state index contributed by atoms with van der Waals surface area (Å²) in [5.74, 6) is -4.54. The predicted molar refractivity (Wildman–Crippen MR) is 57.2 cm³/mol. The van der Waals surface area contributed by atoms with E-state index in [2.05, 4.69) is 4.74 Å². The van der Waals surface area contributed by atoms with Gasteiger partial charge in [-0.25, -0.2) is 0 Å². The third-order valence-electron chi connectivity index (χ3n) is 2.45. The normalized spacial score (nSPS) is 15.7. The van der Waals surface area contributed by atoms with Crippen molar-refractivity contribution in [3.05, 3.63) is 0 Å². The summed E-state index contributed by atoms with van der Waals surface area (Å²) < 4.78 is 4.47. The Morgan fingerprint density at radius 3 is 2.06 bits per heavy atom. The zero-order chi connectivity index (χ0) is 13.6. The molecule has 0 saturated heterocycles. The van der Waals surface area contributed by atoms with E-state index >= 15 is 0 Å². The molecule has 0 aromatic rings. The van der Waals surface area contributed by atoms with E-state index in [1.54, 1.807) is 0 Å². The SMILES string of the molecule is COC(=O)C(C)C[C@H](C[C@H](N)C(=O)O)C(=O)O. The molecule has 0 saturated carbocycles. The molecule has 3 atom stereocenters. The molecule has 0 radical (unpaired) electrons. The minimum absolute atomic E-state index is 0.00296. The van der Waals surface area contributed by atoms with Gasteiger partial charge in [-0.15, -0.1) is 0 Å². The highest BCUT2D eigenvalue weighted by molar-refractivity contribution is 5.77. The molecule has 0 bridgehead atoms. The van der Waals surface area contributed by atoms with Gasteiger partial charge in [0, 0.05) is 0 Å². The molecule has 0 fully saturated rings. The maximum absolute atomic E-state index is 11.1. The van der Waals surface area contributed by atoms with Crippen LogP contribution in [0.5, 0.6) is 0 Å². The summed E-state index contributed by atoms with van der Waals surface area (Å²) in [6, 6.07) is -1.25. The zero-order valence-corrected chi connectivity index (χ0v) is 9.75. The Balaban J connectivity index is 4.50. The number of hydrogen-bond donors (Lipinski definition) is 3. The van der Waals surface area contributed by atoms with Crippen LogP contribution in [0.2, 0.25) is 0 Å². The van der Waals surface area contributed by atoms with Crippen LogP contribution in [0.4, 0.5) is 0 Å². The van der Waals surface area contributed by atoms with Crippen molar-refractivity contribution in [2.24, 2.45) is 17.6 Å². The molecule has 0 rings (SSSR count). The second-order valence-corrected chi connectivity index (χ2v) is 3.88. The summed E-state index contributed by atoms with van der Waals surface area (Å²) in [6.45, 7) is 1.52. The predicted octanol–water partition coefficient (Wildman–Crippen LogP) is -0.312. The summed E-state index contributed by atoms with van der Waals surface area (Å²) in [4.78, 5) is 32.6. The monoisotopic (exact) mass is 247 g/mol. The molecule has 0 aliphatic carbocycles. The number of carbonyl (C=O) groups excluding carboxylic acids is 1. The molecule has 0 heterocycles. The molecule has 0 amide bonds. The second-order valence-electron chi connectivity index (χ2n) is 3.88. The summed E-state index contributed by atoms with van der Waals surface area (Å²) >= 11 is 0. The van der Waals surface area contributed by atoms with Crippen LogP contribution in [0, 0.1) is 11.8 Å². The first-order valence-electron chi connectivity index (χ1n) is 5.08. The highest BCUT2D eigenvalue weighted by atomic mass is 16.5. The fourth-order valence-corrected chi connectivity index (χ4v) is 1.43. The van der Waals surface area contributed by atoms with Crippen LogP contribution in [0.15, 0.2) is 0 Å². The lowest BCUT2D eigenvalue weighted by atomic mass is 9.90. The topological polar surface area (TPSA) is 127 Å². The summed E-state index contributed by atoms with van der Waals surface area (Å²) in [5, 5.41) is 17.5. The van der Waals surface area contributed by atoms with Crippen LogP contribution in [0.1, 0.15) is 19.8 Å². The minimum Gasteiger partial charge on any atom is -0.481 e. The number of rotatable bonds is 7. The molecule has 0 aliphatic rings. The Hall–Kier alpha value is -1.63. The van der Waals surface area contributed by atoms with Crippen LogP contribution in [0.3, 0.4) is 0 Å². The first-order valence-corrected chi connectivity index (χ1v) is 5.08. The second kappa shape index (κ2) is 6.85. The fraction of sp³-hybridized carbons (Fsp3) is 0.700. The molecule has 0 spiro atoms. The number of ether oxygens (including phenoxy) is 1. The minimum atomic E-state index is -1.26. The van der Waals surface area contributed by atoms with Crippen LogP contribution in [0.25, 0.3) is 0 Å². The van der Waals surface area contributed by atoms with Crippen LogP contribution in [-0.4, -0.2) is 41.3 Å². The van der Waals surface area contributed by atoms with Crippen LogP contribution < -0.4 is 5.73 Å². The Labute approximate surface area is 98.6 Å².